The highest BCUT2D eigenvalue weighted by Gasteiger charge is 2.51. The van der Waals surface area contributed by atoms with E-state index in [2.05, 4.69) is 301 Å². The molecule has 0 saturated heterocycles. The van der Waals surface area contributed by atoms with Gasteiger partial charge in [-0.2, -0.15) is 0 Å². The molecule has 13 aromatic rings. The molecule has 76 heavy (non-hydrogen) atoms. The lowest BCUT2D eigenvalue weighted by Crippen LogP contribution is -2.33. The second kappa shape index (κ2) is 16.4. The lowest BCUT2D eigenvalue weighted by molar-refractivity contribution is 0.748. The van der Waals surface area contributed by atoms with Gasteiger partial charge in [0.15, 0.2) is 0 Å². The first kappa shape index (κ1) is 42.7. The largest absolute Gasteiger partial charge is 0.310 e. The van der Waals surface area contributed by atoms with Crippen molar-refractivity contribution in [2.75, 3.05) is 4.90 Å². The number of rotatable bonds is 7. The molecule has 12 aromatic carbocycles. The van der Waals surface area contributed by atoms with Crippen LogP contribution < -0.4 is 4.90 Å². The van der Waals surface area contributed by atoms with Crippen LogP contribution in [-0.4, -0.2) is 4.57 Å². The molecule has 0 fully saturated rings. The van der Waals surface area contributed by atoms with Crippen LogP contribution in [0.4, 0.5) is 17.1 Å². The molecular weight excluding hydrogens is 917 g/mol. The molecule has 0 unspecified atom stereocenters. The third-order valence-electron chi connectivity index (χ3n) is 17.1. The third-order valence-corrected chi connectivity index (χ3v) is 17.1. The average molecular weight is 965 g/mol. The quantitative estimate of drug-likeness (QED) is 0.155. The Hall–Kier alpha value is -9.76. The molecule has 2 nitrogen and oxygen atoms in total. The van der Waals surface area contributed by atoms with Crippen molar-refractivity contribution >= 4 is 38.9 Å². The van der Waals surface area contributed by atoms with Crippen molar-refractivity contribution in [1.29, 1.82) is 0 Å². The van der Waals surface area contributed by atoms with Crippen LogP contribution >= 0.6 is 0 Å². The molecular formula is C74H48N2. The number of hydrogen-bond donors (Lipinski definition) is 0. The molecule has 2 heteroatoms. The topological polar surface area (TPSA) is 8.17 Å². The third kappa shape index (κ3) is 5.76. The highest BCUT2D eigenvalue weighted by molar-refractivity contribution is 6.14. The minimum absolute atomic E-state index is 0.437. The van der Waals surface area contributed by atoms with Gasteiger partial charge in [0, 0.05) is 27.8 Å². The van der Waals surface area contributed by atoms with Gasteiger partial charge < -0.3 is 9.47 Å². The Labute approximate surface area is 442 Å². The number of anilines is 3. The Morgan fingerprint density at radius 1 is 0.276 bits per heavy atom. The monoisotopic (exact) mass is 964 g/mol. The smallest absolute Gasteiger partial charge is 0.0754 e. The molecule has 0 N–H and O–H groups in total. The predicted octanol–water partition coefficient (Wildman–Crippen LogP) is 18.6. The summed E-state index contributed by atoms with van der Waals surface area (Å²) >= 11 is 0. The van der Waals surface area contributed by atoms with Crippen LogP contribution in [0.5, 0.6) is 0 Å². The van der Waals surface area contributed by atoms with E-state index >= 15 is 0 Å². The molecule has 16 rings (SSSR count). The van der Waals surface area contributed by atoms with E-state index < -0.39 is 10.8 Å². The minimum Gasteiger partial charge on any atom is -0.310 e. The molecule has 0 radical (unpaired) electrons. The second-order valence-electron chi connectivity index (χ2n) is 20.7. The van der Waals surface area contributed by atoms with Crippen molar-refractivity contribution in [3.63, 3.8) is 0 Å². The summed E-state index contributed by atoms with van der Waals surface area (Å²) in [6.45, 7) is 0. The van der Waals surface area contributed by atoms with E-state index in [0.29, 0.717) is 0 Å². The van der Waals surface area contributed by atoms with Gasteiger partial charge in [0.2, 0.25) is 0 Å². The Balaban J connectivity index is 0.818. The van der Waals surface area contributed by atoms with Crippen molar-refractivity contribution in [1.82, 2.24) is 4.57 Å². The minimum atomic E-state index is -0.456. The summed E-state index contributed by atoms with van der Waals surface area (Å²) in [4.78, 5) is 2.39. The van der Waals surface area contributed by atoms with Gasteiger partial charge in [0.05, 0.1) is 27.6 Å². The van der Waals surface area contributed by atoms with E-state index in [1.807, 2.05) is 0 Å². The summed E-state index contributed by atoms with van der Waals surface area (Å²) in [6.07, 6.45) is 0. The summed E-state index contributed by atoms with van der Waals surface area (Å²) in [5.74, 6) is 0. The zero-order valence-electron chi connectivity index (χ0n) is 41.6. The van der Waals surface area contributed by atoms with Crippen LogP contribution in [0.15, 0.2) is 291 Å². The van der Waals surface area contributed by atoms with Gasteiger partial charge in [-0.3, -0.25) is 0 Å². The number of nitrogens with zero attached hydrogens (tertiary/aromatic N) is 2. The number of aromatic nitrogens is 1. The number of para-hydroxylation sites is 3. The summed E-state index contributed by atoms with van der Waals surface area (Å²) < 4.78 is 2.54. The fourth-order valence-electron chi connectivity index (χ4n) is 14.1. The van der Waals surface area contributed by atoms with Crippen molar-refractivity contribution in [2.24, 2.45) is 0 Å². The van der Waals surface area contributed by atoms with Crippen LogP contribution in [0.3, 0.4) is 0 Å². The molecule has 1 aromatic heterocycles. The first-order valence-electron chi connectivity index (χ1n) is 26.5. The van der Waals surface area contributed by atoms with E-state index in [-0.39, 0.29) is 0 Å². The number of benzene rings is 12. The average Bonchev–Trinajstić information content (AvgIpc) is 4.30. The Morgan fingerprint density at radius 2 is 0.763 bits per heavy atom. The maximum absolute atomic E-state index is 2.54. The maximum Gasteiger partial charge on any atom is 0.0754 e. The van der Waals surface area contributed by atoms with Gasteiger partial charge >= 0.3 is 0 Å². The highest BCUT2D eigenvalue weighted by Crippen LogP contribution is 2.62. The fraction of sp³-hybridized carbons (Fsp3) is 0.0270. The van der Waals surface area contributed by atoms with Gasteiger partial charge in [0.1, 0.15) is 0 Å². The van der Waals surface area contributed by atoms with Crippen molar-refractivity contribution in [3.05, 3.63) is 336 Å². The standard InChI is InChI=1S/C74H48N2/c1-4-22-52(23-5-1)73(53-24-6-2-7-25-53)65-36-15-12-31-61(65)71-57(32-19-38-67(71)73)49-41-44-55(45-42-49)75(54-26-8-3-9-27-54)56-28-18-21-50(47-56)51-43-46-69-62(48-51)60-33-20-39-68-72(60)76(69)70-40-17-16-37-66(70)74(68)63-34-13-10-29-58(63)59-30-11-14-35-64(59)74/h1-48H. The molecule has 2 aliphatic carbocycles. The van der Waals surface area contributed by atoms with E-state index in [9.17, 15) is 0 Å². The van der Waals surface area contributed by atoms with Gasteiger partial charge in [-0.1, -0.05) is 237 Å². The van der Waals surface area contributed by atoms with Crippen LogP contribution in [0.25, 0.3) is 72.0 Å². The zero-order valence-corrected chi connectivity index (χ0v) is 41.6. The normalized spacial score (nSPS) is 13.7. The molecule has 2 heterocycles. The van der Waals surface area contributed by atoms with Gasteiger partial charge in [0.25, 0.3) is 0 Å². The summed E-state index contributed by atoms with van der Waals surface area (Å²) in [6, 6.07) is 108. The van der Waals surface area contributed by atoms with Gasteiger partial charge in [-0.15, -0.1) is 0 Å². The van der Waals surface area contributed by atoms with Crippen LogP contribution in [-0.2, 0) is 10.8 Å². The van der Waals surface area contributed by atoms with E-state index in [4.69, 9.17) is 0 Å². The molecule has 1 spiro atoms. The van der Waals surface area contributed by atoms with Gasteiger partial charge in [-0.25, -0.2) is 0 Å². The predicted molar refractivity (Wildman–Crippen MR) is 315 cm³/mol. The number of fused-ring (bicyclic) bond motifs is 15. The molecule has 0 bridgehead atoms. The highest BCUT2D eigenvalue weighted by atomic mass is 15.1. The number of hydrogen-bond acceptors (Lipinski definition) is 1. The van der Waals surface area contributed by atoms with E-state index in [0.717, 1.165) is 17.1 Å². The van der Waals surface area contributed by atoms with Crippen LogP contribution in [0.2, 0.25) is 0 Å². The molecule has 354 valence electrons. The Morgan fingerprint density at radius 3 is 1.46 bits per heavy atom. The molecule has 0 amide bonds. The van der Waals surface area contributed by atoms with E-state index in [1.54, 1.807) is 0 Å². The molecule has 0 saturated carbocycles. The lowest BCUT2D eigenvalue weighted by Gasteiger charge is -2.39. The van der Waals surface area contributed by atoms with E-state index in [1.165, 1.54) is 117 Å². The molecule has 0 atom stereocenters. The zero-order chi connectivity index (χ0) is 50.0. The van der Waals surface area contributed by atoms with Gasteiger partial charge in [-0.05, 0) is 144 Å². The maximum atomic E-state index is 2.54. The molecule has 1 aliphatic heterocycles. The van der Waals surface area contributed by atoms with Crippen LogP contribution in [0.1, 0.15) is 44.5 Å². The van der Waals surface area contributed by atoms with Crippen molar-refractivity contribution < 1.29 is 0 Å². The summed E-state index contributed by atoms with van der Waals surface area (Å²) in [5, 5.41) is 2.52. The first-order chi connectivity index (χ1) is 37.7. The lowest BCUT2D eigenvalue weighted by atomic mass is 9.65. The SMILES string of the molecule is c1ccc(N(c2ccc(-c3cccc4c3-c3ccccc3C4(c3ccccc3)c3ccccc3)cc2)c2cccc(-c3ccc4c(c3)c3cccc5c3n4-c3ccccc3C53c4ccccc4-c4ccccc43)c2)cc1. The Bertz CT molecular complexity index is 4370. The van der Waals surface area contributed by atoms with Crippen LogP contribution in [0, 0.1) is 0 Å². The fourth-order valence-corrected chi connectivity index (χ4v) is 14.1. The molecule has 3 aliphatic rings. The summed E-state index contributed by atoms with van der Waals surface area (Å²) in [7, 11) is 0. The Kier molecular flexibility index (Phi) is 9.20. The first-order valence-corrected chi connectivity index (χ1v) is 26.5. The second-order valence-corrected chi connectivity index (χ2v) is 20.7. The van der Waals surface area contributed by atoms with Crippen molar-refractivity contribution in [3.8, 4) is 50.2 Å². The summed E-state index contributed by atoms with van der Waals surface area (Å²) in [5.41, 5.74) is 26.6. The van der Waals surface area contributed by atoms with Crippen molar-refractivity contribution in [2.45, 2.75) is 10.8 Å².